The quantitative estimate of drug-likeness (QED) is 0.849. The van der Waals surface area contributed by atoms with Gasteiger partial charge >= 0.3 is 0 Å². The summed E-state index contributed by atoms with van der Waals surface area (Å²) < 4.78 is 26.0. The standard InChI is InChI=1S/C15H18N2O2S/c1-13-6-5-7-14(10-13)12-20(18,19)17(2)11-15-8-3-4-9-16-15/h3-10H,11-12H2,1-2H3. The maximum Gasteiger partial charge on any atom is 0.218 e. The lowest BCUT2D eigenvalue weighted by Crippen LogP contribution is -2.28. The van der Waals surface area contributed by atoms with Gasteiger partial charge < -0.3 is 0 Å². The Balaban J connectivity index is 2.10. The van der Waals surface area contributed by atoms with E-state index < -0.39 is 10.0 Å². The van der Waals surface area contributed by atoms with Crippen LogP contribution in [0, 0.1) is 6.92 Å². The average Bonchev–Trinajstić information content (AvgIpc) is 2.39. The van der Waals surface area contributed by atoms with Crippen LogP contribution in [-0.4, -0.2) is 24.8 Å². The predicted octanol–water partition coefficient (Wildman–Crippen LogP) is 2.35. The number of benzene rings is 1. The van der Waals surface area contributed by atoms with Gasteiger partial charge in [-0.25, -0.2) is 8.42 Å². The van der Waals surface area contributed by atoms with Crippen molar-refractivity contribution in [2.45, 2.75) is 19.2 Å². The number of pyridine rings is 1. The van der Waals surface area contributed by atoms with Crippen LogP contribution in [-0.2, 0) is 22.3 Å². The lowest BCUT2D eigenvalue weighted by Gasteiger charge is -2.17. The van der Waals surface area contributed by atoms with Gasteiger partial charge in [0.2, 0.25) is 10.0 Å². The molecule has 0 atom stereocenters. The molecule has 0 radical (unpaired) electrons. The molecule has 0 fully saturated rings. The first-order valence-electron chi connectivity index (χ1n) is 6.37. The van der Waals surface area contributed by atoms with E-state index in [2.05, 4.69) is 4.98 Å². The first kappa shape index (κ1) is 14.7. The molecule has 1 aromatic carbocycles. The molecule has 0 saturated carbocycles. The molecule has 20 heavy (non-hydrogen) atoms. The molecule has 1 heterocycles. The monoisotopic (exact) mass is 290 g/mol. The zero-order chi connectivity index (χ0) is 14.6. The van der Waals surface area contributed by atoms with Gasteiger partial charge in [0.1, 0.15) is 0 Å². The third-order valence-corrected chi connectivity index (χ3v) is 4.79. The van der Waals surface area contributed by atoms with E-state index in [1.807, 2.05) is 49.4 Å². The highest BCUT2D eigenvalue weighted by atomic mass is 32.2. The SMILES string of the molecule is Cc1cccc(CS(=O)(=O)N(C)Cc2ccccn2)c1. The van der Waals surface area contributed by atoms with E-state index in [0.717, 1.165) is 16.8 Å². The largest absolute Gasteiger partial charge is 0.260 e. The lowest BCUT2D eigenvalue weighted by atomic mass is 10.2. The van der Waals surface area contributed by atoms with Crippen molar-refractivity contribution in [2.75, 3.05) is 7.05 Å². The Hall–Kier alpha value is -1.72. The van der Waals surface area contributed by atoms with Crippen LogP contribution >= 0.6 is 0 Å². The highest BCUT2D eigenvalue weighted by Crippen LogP contribution is 2.13. The van der Waals surface area contributed by atoms with Crippen LogP contribution < -0.4 is 0 Å². The summed E-state index contributed by atoms with van der Waals surface area (Å²) in [4.78, 5) is 4.15. The molecule has 0 aliphatic heterocycles. The van der Waals surface area contributed by atoms with Crippen LogP contribution in [0.15, 0.2) is 48.7 Å². The lowest BCUT2D eigenvalue weighted by molar-refractivity contribution is 0.461. The minimum atomic E-state index is -3.33. The predicted molar refractivity (Wildman–Crippen MR) is 79.5 cm³/mol. The molecular weight excluding hydrogens is 272 g/mol. The molecule has 0 saturated heterocycles. The number of hydrogen-bond acceptors (Lipinski definition) is 3. The molecule has 0 aliphatic rings. The fourth-order valence-electron chi connectivity index (χ4n) is 1.94. The molecule has 2 rings (SSSR count). The van der Waals surface area contributed by atoms with Crippen molar-refractivity contribution in [3.8, 4) is 0 Å². The molecule has 2 aromatic rings. The maximum absolute atomic E-state index is 12.3. The van der Waals surface area contributed by atoms with E-state index >= 15 is 0 Å². The normalized spacial score (nSPS) is 11.8. The Bertz CT molecular complexity index is 669. The van der Waals surface area contributed by atoms with Gasteiger partial charge in [0, 0.05) is 13.2 Å². The molecular formula is C15H18N2O2S. The van der Waals surface area contributed by atoms with E-state index in [-0.39, 0.29) is 12.3 Å². The first-order chi connectivity index (χ1) is 9.47. The third-order valence-electron chi connectivity index (χ3n) is 3.02. The van der Waals surface area contributed by atoms with E-state index in [1.165, 1.54) is 4.31 Å². The van der Waals surface area contributed by atoms with Crippen LogP contribution in [0.3, 0.4) is 0 Å². The number of rotatable bonds is 5. The second-order valence-electron chi connectivity index (χ2n) is 4.82. The van der Waals surface area contributed by atoms with Gasteiger partial charge in [0.25, 0.3) is 0 Å². The number of sulfonamides is 1. The summed E-state index contributed by atoms with van der Waals surface area (Å²) in [6, 6.07) is 13.0. The number of aryl methyl sites for hydroxylation is 1. The van der Waals surface area contributed by atoms with Gasteiger partial charge in [-0.15, -0.1) is 0 Å². The zero-order valence-corrected chi connectivity index (χ0v) is 12.5. The van der Waals surface area contributed by atoms with Gasteiger partial charge in [-0.1, -0.05) is 35.9 Å². The third kappa shape index (κ3) is 3.88. The molecule has 5 heteroatoms. The Kier molecular flexibility index (Phi) is 4.52. The van der Waals surface area contributed by atoms with Gasteiger partial charge in [0.05, 0.1) is 18.0 Å². The van der Waals surface area contributed by atoms with Gasteiger partial charge in [-0.3, -0.25) is 4.98 Å². The minimum absolute atomic E-state index is 0.0119. The number of aromatic nitrogens is 1. The minimum Gasteiger partial charge on any atom is -0.260 e. The van der Waals surface area contributed by atoms with E-state index in [9.17, 15) is 8.42 Å². The summed E-state index contributed by atoms with van der Waals surface area (Å²) in [5.74, 6) is 0.0119. The van der Waals surface area contributed by atoms with Crippen molar-refractivity contribution in [1.29, 1.82) is 0 Å². The molecule has 0 N–H and O–H groups in total. The highest BCUT2D eigenvalue weighted by molar-refractivity contribution is 7.88. The average molecular weight is 290 g/mol. The molecule has 0 unspecified atom stereocenters. The van der Waals surface area contributed by atoms with Crippen molar-refractivity contribution >= 4 is 10.0 Å². The molecule has 0 amide bonds. The Morgan fingerprint density at radius 1 is 1.15 bits per heavy atom. The van der Waals surface area contributed by atoms with E-state index in [1.54, 1.807) is 13.2 Å². The van der Waals surface area contributed by atoms with Crippen molar-refractivity contribution in [3.63, 3.8) is 0 Å². The van der Waals surface area contributed by atoms with Gasteiger partial charge in [-0.2, -0.15) is 4.31 Å². The first-order valence-corrected chi connectivity index (χ1v) is 7.98. The number of hydrogen-bond donors (Lipinski definition) is 0. The second-order valence-corrected chi connectivity index (χ2v) is 6.90. The van der Waals surface area contributed by atoms with Gasteiger partial charge in [0.15, 0.2) is 0 Å². The summed E-state index contributed by atoms with van der Waals surface area (Å²) in [7, 11) is -1.75. The Labute approximate surface area is 120 Å². The smallest absolute Gasteiger partial charge is 0.218 e. The number of nitrogens with zero attached hydrogens (tertiary/aromatic N) is 2. The summed E-state index contributed by atoms with van der Waals surface area (Å²) in [6.45, 7) is 2.24. The Morgan fingerprint density at radius 3 is 2.60 bits per heavy atom. The van der Waals surface area contributed by atoms with Crippen LogP contribution in [0.1, 0.15) is 16.8 Å². The summed E-state index contributed by atoms with van der Waals surface area (Å²) in [5.41, 5.74) is 2.60. The molecule has 0 bridgehead atoms. The van der Waals surface area contributed by atoms with Gasteiger partial charge in [-0.05, 0) is 24.6 Å². The summed E-state index contributed by atoms with van der Waals surface area (Å²) in [5, 5.41) is 0. The molecule has 0 aliphatic carbocycles. The van der Waals surface area contributed by atoms with Crippen LogP contribution in [0.5, 0.6) is 0 Å². The fourth-order valence-corrected chi connectivity index (χ4v) is 3.09. The summed E-state index contributed by atoms with van der Waals surface area (Å²) >= 11 is 0. The van der Waals surface area contributed by atoms with Crippen LogP contribution in [0.4, 0.5) is 0 Å². The van der Waals surface area contributed by atoms with Crippen molar-refractivity contribution in [1.82, 2.24) is 9.29 Å². The summed E-state index contributed by atoms with van der Waals surface area (Å²) in [6.07, 6.45) is 1.66. The molecule has 106 valence electrons. The van der Waals surface area contributed by atoms with Crippen molar-refractivity contribution in [2.24, 2.45) is 0 Å². The van der Waals surface area contributed by atoms with Crippen LogP contribution in [0.25, 0.3) is 0 Å². The van der Waals surface area contributed by atoms with Crippen molar-refractivity contribution < 1.29 is 8.42 Å². The van der Waals surface area contributed by atoms with Crippen molar-refractivity contribution in [3.05, 3.63) is 65.5 Å². The van der Waals surface area contributed by atoms with E-state index in [4.69, 9.17) is 0 Å². The fraction of sp³-hybridized carbons (Fsp3) is 0.267. The maximum atomic E-state index is 12.3. The van der Waals surface area contributed by atoms with Crippen LogP contribution in [0.2, 0.25) is 0 Å². The molecule has 0 spiro atoms. The van der Waals surface area contributed by atoms with E-state index in [0.29, 0.717) is 0 Å². The topological polar surface area (TPSA) is 50.3 Å². The Morgan fingerprint density at radius 2 is 1.95 bits per heavy atom. The zero-order valence-electron chi connectivity index (χ0n) is 11.7. The molecule has 1 aromatic heterocycles. The highest BCUT2D eigenvalue weighted by Gasteiger charge is 2.19. The second kappa shape index (κ2) is 6.15. The molecule has 4 nitrogen and oxygen atoms in total.